The molecule has 2 heterocycles. The van der Waals surface area contributed by atoms with Crippen molar-refractivity contribution in [3.8, 4) is 0 Å². The Labute approximate surface area is 174 Å². The van der Waals surface area contributed by atoms with Crippen molar-refractivity contribution < 1.29 is 9.32 Å². The third-order valence-corrected chi connectivity index (χ3v) is 6.33. The fourth-order valence-corrected chi connectivity index (χ4v) is 4.58. The number of carbonyl (C=O) groups is 1. The molecule has 0 radical (unpaired) electrons. The topological polar surface area (TPSA) is 80.9 Å². The fraction of sp³-hybridized carbons (Fsp3) is 0.158. The number of thiazole rings is 1. The SMILES string of the molecule is O=C(CCc1nc(CSc2nc3ccccc3s2)no1)Nc1ccccc1Cl. The van der Waals surface area contributed by atoms with Crippen molar-refractivity contribution in [1.29, 1.82) is 0 Å². The minimum Gasteiger partial charge on any atom is -0.339 e. The Kier molecular flexibility index (Phi) is 5.90. The number of hydrogen-bond acceptors (Lipinski definition) is 7. The Bertz CT molecular complexity index is 1080. The van der Waals surface area contributed by atoms with Crippen LogP contribution in [0.25, 0.3) is 10.2 Å². The molecule has 0 fully saturated rings. The molecular weight excluding hydrogens is 416 g/mol. The molecule has 1 amide bonds. The zero-order valence-corrected chi connectivity index (χ0v) is 17.0. The molecular formula is C19H15ClN4O2S2. The quantitative estimate of drug-likeness (QED) is 0.406. The smallest absolute Gasteiger partial charge is 0.227 e. The van der Waals surface area contributed by atoms with Gasteiger partial charge in [-0.3, -0.25) is 4.79 Å². The van der Waals surface area contributed by atoms with Gasteiger partial charge in [0.1, 0.15) is 0 Å². The van der Waals surface area contributed by atoms with Crippen LogP contribution in [-0.2, 0) is 17.0 Å². The van der Waals surface area contributed by atoms with Gasteiger partial charge < -0.3 is 9.84 Å². The highest BCUT2D eigenvalue weighted by molar-refractivity contribution is 8.00. The van der Waals surface area contributed by atoms with E-state index in [1.807, 2.05) is 30.3 Å². The number of aryl methyl sites for hydroxylation is 1. The van der Waals surface area contributed by atoms with Gasteiger partial charge in [-0.05, 0) is 24.3 Å². The molecule has 0 atom stereocenters. The summed E-state index contributed by atoms with van der Waals surface area (Å²) in [6.45, 7) is 0. The molecule has 0 spiro atoms. The summed E-state index contributed by atoms with van der Waals surface area (Å²) in [5, 5.41) is 7.26. The number of halogens is 1. The molecule has 142 valence electrons. The molecule has 0 aliphatic heterocycles. The number of fused-ring (bicyclic) bond motifs is 1. The molecule has 1 N–H and O–H groups in total. The van der Waals surface area contributed by atoms with Gasteiger partial charge in [-0.25, -0.2) is 4.98 Å². The molecule has 0 saturated carbocycles. The van der Waals surface area contributed by atoms with Crippen LogP contribution in [0.1, 0.15) is 18.1 Å². The van der Waals surface area contributed by atoms with Crippen molar-refractivity contribution in [3.05, 3.63) is 65.3 Å². The lowest BCUT2D eigenvalue weighted by atomic mass is 10.2. The molecule has 2 aromatic carbocycles. The van der Waals surface area contributed by atoms with Crippen LogP contribution in [0.2, 0.25) is 5.02 Å². The van der Waals surface area contributed by atoms with Crippen molar-refractivity contribution in [2.24, 2.45) is 0 Å². The number of rotatable bonds is 7. The Hall–Kier alpha value is -2.42. The van der Waals surface area contributed by atoms with E-state index in [1.165, 1.54) is 0 Å². The summed E-state index contributed by atoms with van der Waals surface area (Å²) in [4.78, 5) is 21.0. The largest absolute Gasteiger partial charge is 0.339 e. The Morgan fingerprint density at radius 3 is 2.82 bits per heavy atom. The van der Waals surface area contributed by atoms with Gasteiger partial charge in [0.05, 0.1) is 26.7 Å². The maximum Gasteiger partial charge on any atom is 0.227 e. The number of nitrogens with one attached hydrogen (secondary N) is 1. The molecule has 4 aromatic rings. The Balaban J connectivity index is 1.28. The molecule has 0 saturated heterocycles. The normalized spacial score (nSPS) is 11.0. The van der Waals surface area contributed by atoms with Crippen LogP contribution in [0, 0.1) is 0 Å². The second kappa shape index (κ2) is 8.72. The lowest BCUT2D eigenvalue weighted by molar-refractivity contribution is -0.116. The number of hydrogen-bond donors (Lipinski definition) is 1. The monoisotopic (exact) mass is 430 g/mol. The first-order valence-corrected chi connectivity index (χ1v) is 10.7. The minimum atomic E-state index is -0.156. The number of anilines is 1. The molecule has 6 nitrogen and oxygen atoms in total. The van der Waals surface area contributed by atoms with Crippen molar-refractivity contribution in [2.75, 3.05) is 5.32 Å². The van der Waals surface area contributed by atoms with E-state index in [-0.39, 0.29) is 12.3 Å². The Morgan fingerprint density at radius 1 is 1.14 bits per heavy atom. The third-order valence-electron chi connectivity index (χ3n) is 3.82. The summed E-state index contributed by atoms with van der Waals surface area (Å²) in [6.07, 6.45) is 0.604. The maximum absolute atomic E-state index is 12.1. The van der Waals surface area contributed by atoms with E-state index in [0.717, 1.165) is 14.6 Å². The number of nitrogens with zero attached hydrogens (tertiary/aromatic N) is 3. The predicted octanol–water partition coefficient (Wildman–Crippen LogP) is 5.20. The average Bonchev–Trinajstić information content (AvgIpc) is 3.33. The van der Waals surface area contributed by atoms with Crippen molar-refractivity contribution in [2.45, 2.75) is 22.9 Å². The molecule has 2 aromatic heterocycles. The van der Waals surface area contributed by atoms with Crippen LogP contribution in [0.5, 0.6) is 0 Å². The summed E-state index contributed by atoms with van der Waals surface area (Å²) in [5.41, 5.74) is 1.58. The van der Waals surface area contributed by atoms with Crippen LogP contribution in [0.3, 0.4) is 0 Å². The van der Waals surface area contributed by atoms with Gasteiger partial charge in [0.25, 0.3) is 0 Å². The zero-order chi connectivity index (χ0) is 19.3. The number of aromatic nitrogens is 3. The molecule has 4 rings (SSSR count). The number of thioether (sulfide) groups is 1. The first-order chi connectivity index (χ1) is 13.7. The first kappa shape index (κ1) is 18.9. The summed E-state index contributed by atoms with van der Waals surface area (Å²) < 4.78 is 7.36. The van der Waals surface area contributed by atoms with Crippen LogP contribution in [-0.4, -0.2) is 21.0 Å². The summed E-state index contributed by atoms with van der Waals surface area (Å²) in [7, 11) is 0. The van der Waals surface area contributed by atoms with Gasteiger partial charge in [0.15, 0.2) is 10.2 Å². The molecule has 0 aliphatic carbocycles. The van der Waals surface area contributed by atoms with Gasteiger partial charge in [0, 0.05) is 12.8 Å². The van der Waals surface area contributed by atoms with Gasteiger partial charge in [-0.1, -0.05) is 52.8 Å². The van der Waals surface area contributed by atoms with Crippen molar-refractivity contribution >= 4 is 56.5 Å². The second-order valence-corrected chi connectivity index (χ2v) is 8.53. The van der Waals surface area contributed by atoms with E-state index in [1.54, 1.807) is 35.2 Å². The van der Waals surface area contributed by atoms with Crippen LogP contribution in [0.15, 0.2) is 57.4 Å². The molecule has 0 bridgehead atoms. The highest BCUT2D eigenvalue weighted by Gasteiger charge is 2.12. The van der Waals surface area contributed by atoms with Gasteiger partial charge >= 0.3 is 0 Å². The molecule has 0 aliphatic rings. The molecule has 28 heavy (non-hydrogen) atoms. The lowest BCUT2D eigenvalue weighted by Crippen LogP contribution is -2.12. The first-order valence-electron chi connectivity index (χ1n) is 8.51. The summed E-state index contributed by atoms with van der Waals surface area (Å²) in [5.74, 6) is 1.44. The number of amides is 1. The Morgan fingerprint density at radius 2 is 1.96 bits per heavy atom. The zero-order valence-electron chi connectivity index (χ0n) is 14.6. The number of carbonyl (C=O) groups excluding carboxylic acids is 1. The lowest BCUT2D eigenvalue weighted by Gasteiger charge is -2.05. The van der Waals surface area contributed by atoms with Gasteiger partial charge in [0.2, 0.25) is 11.8 Å². The second-order valence-electron chi connectivity index (χ2n) is 5.87. The minimum absolute atomic E-state index is 0.156. The van der Waals surface area contributed by atoms with Crippen LogP contribution < -0.4 is 5.32 Å². The highest BCUT2D eigenvalue weighted by atomic mass is 35.5. The third kappa shape index (κ3) is 4.70. The number of benzene rings is 2. The van der Waals surface area contributed by atoms with E-state index in [2.05, 4.69) is 26.5 Å². The fourth-order valence-electron chi connectivity index (χ4n) is 2.49. The summed E-state index contributed by atoms with van der Waals surface area (Å²) >= 11 is 9.25. The number of para-hydroxylation sites is 2. The molecule has 9 heteroatoms. The predicted molar refractivity (Wildman–Crippen MR) is 112 cm³/mol. The van der Waals surface area contributed by atoms with Gasteiger partial charge in [-0.2, -0.15) is 4.98 Å². The van der Waals surface area contributed by atoms with E-state index in [9.17, 15) is 4.79 Å². The average molecular weight is 431 g/mol. The van der Waals surface area contributed by atoms with Crippen molar-refractivity contribution in [3.63, 3.8) is 0 Å². The highest BCUT2D eigenvalue weighted by Crippen LogP contribution is 2.30. The van der Waals surface area contributed by atoms with E-state index in [4.69, 9.17) is 16.1 Å². The standard InChI is InChI=1S/C19H15ClN4O2S2/c20-12-5-1-2-6-13(12)21-17(25)9-10-18-23-16(24-26-18)11-27-19-22-14-7-3-4-8-15(14)28-19/h1-8H,9-11H2,(H,21,25). The maximum atomic E-state index is 12.1. The summed E-state index contributed by atoms with van der Waals surface area (Å²) in [6, 6.07) is 15.1. The van der Waals surface area contributed by atoms with E-state index in [0.29, 0.717) is 34.6 Å². The van der Waals surface area contributed by atoms with Gasteiger partial charge in [-0.15, -0.1) is 11.3 Å². The molecule has 0 unspecified atom stereocenters. The van der Waals surface area contributed by atoms with E-state index < -0.39 is 0 Å². The van der Waals surface area contributed by atoms with Crippen LogP contribution >= 0.6 is 34.7 Å². The van der Waals surface area contributed by atoms with Crippen LogP contribution in [0.4, 0.5) is 5.69 Å². The van der Waals surface area contributed by atoms with E-state index >= 15 is 0 Å². The van der Waals surface area contributed by atoms with Crippen molar-refractivity contribution in [1.82, 2.24) is 15.1 Å².